The molecule has 2 heterocycles. The molecule has 1 aliphatic rings. The molecule has 1 atom stereocenters. The smallest absolute Gasteiger partial charge is 0.339 e. The number of hydrogen-bond donors (Lipinski definition) is 2. The summed E-state index contributed by atoms with van der Waals surface area (Å²) in [7, 11) is 0. The van der Waals surface area contributed by atoms with Crippen molar-refractivity contribution in [3.63, 3.8) is 0 Å². The number of carboxylic acids is 1. The first-order chi connectivity index (χ1) is 7.58. The van der Waals surface area contributed by atoms with E-state index in [1.165, 1.54) is 6.07 Å². The number of carbonyl (C=O) groups is 1. The molecule has 0 spiro atoms. The van der Waals surface area contributed by atoms with Crippen molar-refractivity contribution >= 4 is 27.7 Å². The normalized spacial score (nSPS) is 20.1. The summed E-state index contributed by atoms with van der Waals surface area (Å²) in [6.45, 7) is 1.07. The Morgan fingerprint density at radius 3 is 2.94 bits per heavy atom. The predicted octanol–water partition coefficient (Wildman–Crippen LogP) is 1.11. The Bertz CT molecular complexity index is 425. The molecule has 0 radical (unpaired) electrons. The molecule has 1 fully saturated rings. The summed E-state index contributed by atoms with van der Waals surface area (Å²) >= 11 is 3.19. The summed E-state index contributed by atoms with van der Waals surface area (Å²) < 4.78 is 0.633. The lowest BCUT2D eigenvalue weighted by Gasteiger charge is -2.18. The zero-order valence-corrected chi connectivity index (χ0v) is 10.0. The van der Waals surface area contributed by atoms with Crippen molar-refractivity contribution in [3.05, 3.63) is 22.3 Å². The van der Waals surface area contributed by atoms with E-state index in [1.54, 1.807) is 11.1 Å². The van der Waals surface area contributed by atoms with Crippen LogP contribution < -0.4 is 4.90 Å². The number of nitrogens with zero attached hydrogens (tertiary/aromatic N) is 2. The summed E-state index contributed by atoms with van der Waals surface area (Å²) in [5, 5.41) is 18.5. The van der Waals surface area contributed by atoms with E-state index in [4.69, 9.17) is 5.11 Å². The van der Waals surface area contributed by atoms with Gasteiger partial charge in [0.25, 0.3) is 0 Å². The van der Waals surface area contributed by atoms with E-state index < -0.39 is 12.1 Å². The molecule has 1 aromatic heterocycles. The fourth-order valence-electron chi connectivity index (χ4n) is 1.78. The number of aromatic nitrogens is 1. The third kappa shape index (κ3) is 2.17. The molecular formula is C10H11BrN2O3. The van der Waals surface area contributed by atoms with Crippen molar-refractivity contribution in [2.24, 2.45) is 0 Å². The van der Waals surface area contributed by atoms with Crippen LogP contribution in [0.3, 0.4) is 0 Å². The van der Waals surface area contributed by atoms with E-state index in [9.17, 15) is 9.90 Å². The first kappa shape index (κ1) is 11.3. The van der Waals surface area contributed by atoms with E-state index in [-0.39, 0.29) is 5.56 Å². The maximum Gasteiger partial charge on any atom is 0.339 e. The van der Waals surface area contributed by atoms with E-state index in [1.807, 2.05) is 0 Å². The molecule has 0 aromatic carbocycles. The van der Waals surface area contributed by atoms with Crippen molar-refractivity contribution in [3.8, 4) is 0 Å². The zero-order chi connectivity index (χ0) is 11.7. The molecule has 0 bridgehead atoms. The molecule has 2 rings (SSSR count). The fourth-order valence-corrected chi connectivity index (χ4v) is 2.11. The third-order valence-electron chi connectivity index (χ3n) is 2.53. The number of aromatic carboxylic acids is 1. The van der Waals surface area contributed by atoms with Crippen molar-refractivity contribution in [1.82, 2.24) is 4.98 Å². The number of carboxylic acid groups (broad SMARTS) is 1. The Hall–Kier alpha value is -1.14. The van der Waals surface area contributed by atoms with Crippen LogP contribution in [0.5, 0.6) is 0 Å². The number of halogens is 1. The molecule has 0 amide bonds. The molecule has 0 saturated carbocycles. The van der Waals surface area contributed by atoms with Crippen LogP contribution in [0.25, 0.3) is 0 Å². The number of hydrogen-bond acceptors (Lipinski definition) is 4. The minimum absolute atomic E-state index is 0.156. The van der Waals surface area contributed by atoms with Gasteiger partial charge in [0.15, 0.2) is 0 Å². The summed E-state index contributed by atoms with van der Waals surface area (Å²) in [5.74, 6) is -0.586. The van der Waals surface area contributed by atoms with Crippen LogP contribution in [0.2, 0.25) is 0 Å². The van der Waals surface area contributed by atoms with Crippen LogP contribution in [-0.4, -0.2) is 40.4 Å². The van der Waals surface area contributed by atoms with Gasteiger partial charge in [-0.2, -0.15) is 0 Å². The van der Waals surface area contributed by atoms with Gasteiger partial charge in [-0.1, -0.05) is 0 Å². The molecular weight excluding hydrogens is 276 g/mol. The highest BCUT2D eigenvalue weighted by atomic mass is 79.9. The molecule has 1 aliphatic heterocycles. The minimum atomic E-state index is -1.01. The summed E-state index contributed by atoms with van der Waals surface area (Å²) in [4.78, 5) is 17.0. The van der Waals surface area contributed by atoms with Gasteiger partial charge in [-0.05, 0) is 28.4 Å². The molecule has 1 saturated heterocycles. The van der Waals surface area contributed by atoms with Crippen LogP contribution in [0.1, 0.15) is 16.8 Å². The highest BCUT2D eigenvalue weighted by Gasteiger charge is 2.25. The van der Waals surface area contributed by atoms with E-state index in [2.05, 4.69) is 20.9 Å². The Kier molecular flexibility index (Phi) is 3.11. The van der Waals surface area contributed by atoms with Crippen LogP contribution >= 0.6 is 15.9 Å². The standard InChI is InChI=1S/C10H11BrN2O3/c11-6-3-8(10(15)16)9(12-4-6)13-2-1-7(14)5-13/h3-4,7,14H,1-2,5H2,(H,15,16). The van der Waals surface area contributed by atoms with Gasteiger partial charge in [0.1, 0.15) is 11.4 Å². The number of anilines is 1. The fraction of sp³-hybridized carbons (Fsp3) is 0.400. The maximum atomic E-state index is 11.1. The van der Waals surface area contributed by atoms with E-state index >= 15 is 0 Å². The maximum absolute atomic E-state index is 11.1. The second-order valence-electron chi connectivity index (χ2n) is 3.72. The SMILES string of the molecule is O=C(O)c1cc(Br)cnc1N1CCC(O)C1. The van der Waals surface area contributed by atoms with Gasteiger partial charge in [0.05, 0.1) is 6.10 Å². The minimum Gasteiger partial charge on any atom is -0.478 e. The average Bonchev–Trinajstić information content (AvgIpc) is 2.64. The molecule has 1 unspecified atom stereocenters. The molecule has 6 heteroatoms. The summed E-state index contributed by atoms with van der Waals surface area (Å²) in [6, 6.07) is 1.52. The summed E-state index contributed by atoms with van der Waals surface area (Å²) in [6.07, 6.45) is 1.82. The summed E-state index contributed by atoms with van der Waals surface area (Å²) in [5.41, 5.74) is 0.156. The second kappa shape index (κ2) is 4.39. The van der Waals surface area contributed by atoms with Crippen molar-refractivity contribution in [2.45, 2.75) is 12.5 Å². The lowest BCUT2D eigenvalue weighted by atomic mass is 10.2. The predicted molar refractivity (Wildman–Crippen MR) is 61.7 cm³/mol. The van der Waals surface area contributed by atoms with Gasteiger partial charge < -0.3 is 15.1 Å². The number of rotatable bonds is 2. The van der Waals surface area contributed by atoms with Gasteiger partial charge in [-0.25, -0.2) is 9.78 Å². The third-order valence-corrected chi connectivity index (χ3v) is 2.96. The molecule has 1 aromatic rings. The van der Waals surface area contributed by atoms with E-state index in [0.717, 1.165) is 0 Å². The molecule has 0 aliphatic carbocycles. The topological polar surface area (TPSA) is 73.7 Å². The van der Waals surface area contributed by atoms with Crippen molar-refractivity contribution in [1.29, 1.82) is 0 Å². The van der Waals surface area contributed by atoms with Gasteiger partial charge in [0.2, 0.25) is 0 Å². The molecule has 86 valence electrons. The highest BCUT2D eigenvalue weighted by molar-refractivity contribution is 9.10. The van der Waals surface area contributed by atoms with Gasteiger partial charge in [0, 0.05) is 23.8 Å². The zero-order valence-electron chi connectivity index (χ0n) is 8.43. The number of pyridine rings is 1. The van der Waals surface area contributed by atoms with Gasteiger partial charge >= 0.3 is 5.97 Å². The lowest BCUT2D eigenvalue weighted by Crippen LogP contribution is -2.24. The van der Waals surface area contributed by atoms with E-state index in [0.29, 0.717) is 29.8 Å². The van der Waals surface area contributed by atoms with Gasteiger partial charge in [-0.3, -0.25) is 0 Å². The first-order valence-corrected chi connectivity index (χ1v) is 5.69. The second-order valence-corrected chi connectivity index (χ2v) is 4.63. The van der Waals surface area contributed by atoms with Crippen LogP contribution in [-0.2, 0) is 0 Å². The largest absolute Gasteiger partial charge is 0.478 e. The first-order valence-electron chi connectivity index (χ1n) is 4.90. The highest BCUT2D eigenvalue weighted by Crippen LogP contribution is 2.24. The van der Waals surface area contributed by atoms with Crippen LogP contribution in [0.15, 0.2) is 16.7 Å². The monoisotopic (exact) mass is 286 g/mol. The Morgan fingerprint density at radius 2 is 2.38 bits per heavy atom. The average molecular weight is 287 g/mol. The molecule has 16 heavy (non-hydrogen) atoms. The van der Waals surface area contributed by atoms with Crippen LogP contribution in [0, 0.1) is 0 Å². The number of aliphatic hydroxyl groups is 1. The number of aliphatic hydroxyl groups excluding tert-OH is 1. The molecule has 2 N–H and O–H groups in total. The molecule has 5 nitrogen and oxygen atoms in total. The Balaban J connectivity index is 2.36. The quantitative estimate of drug-likeness (QED) is 0.852. The van der Waals surface area contributed by atoms with Gasteiger partial charge in [-0.15, -0.1) is 0 Å². The lowest BCUT2D eigenvalue weighted by molar-refractivity contribution is 0.0697. The number of β-amino-alcohol motifs (C(OH)–C–C–N with tert-alkyl or cyclic N) is 1. The van der Waals surface area contributed by atoms with Crippen molar-refractivity contribution < 1.29 is 15.0 Å². The van der Waals surface area contributed by atoms with Crippen molar-refractivity contribution in [2.75, 3.05) is 18.0 Å². The van der Waals surface area contributed by atoms with Crippen LogP contribution in [0.4, 0.5) is 5.82 Å². The Morgan fingerprint density at radius 1 is 1.62 bits per heavy atom. The Labute approximate surface area is 101 Å².